The molecule has 0 bridgehead atoms. The number of rotatable bonds is 6. The molecule has 0 aliphatic carbocycles. The van der Waals surface area contributed by atoms with Gasteiger partial charge in [0, 0.05) is 38.1 Å². The van der Waals surface area contributed by atoms with Crippen molar-refractivity contribution in [2.45, 2.75) is 35.9 Å². The number of thioether (sulfide) groups is 1. The van der Waals surface area contributed by atoms with Crippen LogP contribution in [0.3, 0.4) is 0 Å². The quantitative estimate of drug-likeness (QED) is 0.685. The summed E-state index contributed by atoms with van der Waals surface area (Å²) in [4.78, 5) is 19.2. The number of sulfonamides is 1. The molecule has 1 atom stereocenters. The first-order valence-corrected chi connectivity index (χ1v) is 12.2. The van der Waals surface area contributed by atoms with Gasteiger partial charge in [-0.3, -0.25) is 4.79 Å². The molecule has 2 heterocycles. The molecule has 3 rings (SSSR count). The van der Waals surface area contributed by atoms with Gasteiger partial charge in [-0.05, 0) is 51.1 Å². The van der Waals surface area contributed by atoms with Crippen LogP contribution < -0.4 is 5.32 Å². The van der Waals surface area contributed by atoms with Crippen molar-refractivity contribution in [2.24, 2.45) is 0 Å². The second kappa shape index (κ2) is 9.47. The highest BCUT2D eigenvalue weighted by molar-refractivity contribution is 8.00. The molecule has 162 valence electrons. The van der Waals surface area contributed by atoms with Crippen LogP contribution in [0, 0.1) is 13.8 Å². The molecule has 9 heteroatoms. The number of piperazine rings is 1. The van der Waals surface area contributed by atoms with Crippen molar-refractivity contribution in [3.63, 3.8) is 0 Å². The summed E-state index contributed by atoms with van der Waals surface area (Å²) >= 11 is 1.30. The molecule has 1 fully saturated rings. The molecule has 0 radical (unpaired) electrons. The summed E-state index contributed by atoms with van der Waals surface area (Å²) in [5.41, 5.74) is 2.85. The van der Waals surface area contributed by atoms with Gasteiger partial charge in [0.25, 0.3) is 0 Å². The van der Waals surface area contributed by atoms with Gasteiger partial charge in [0.05, 0.1) is 10.3 Å². The van der Waals surface area contributed by atoms with E-state index in [2.05, 4.69) is 15.2 Å². The monoisotopic (exact) mass is 448 g/mol. The zero-order chi connectivity index (χ0) is 21.9. The third-order valence-corrected chi connectivity index (χ3v) is 8.14. The van der Waals surface area contributed by atoms with Crippen molar-refractivity contribution < 1.29 is 13.2 Å². The number of carbonyl (C=O) groups is 1. The Bertz CT molecular complexity index is 981. The molecule has 1 aromatic heterocycles. The number of carbonyl (C=O) groups excluding carboxylic acids is 1. The zero-order valence-corrected chi connectivity index (χ0v) is 19.4. The number of nitrogens with zero attached hydrogens (tertiary/aromatic N) is 3. The Balaban J connectivity index is 1.64. The van der Waals surface area contributed by atoms with Crippen molar-refractivity contribution in [2.75, 3.05) is 38.5 Å². The highest BCUT2D eigenvalue weighted by Gasteiger charge is 2.28. The van der Waals surface area contributed by atoms with E-state index < -0.39 is 10.0 Å². The topological polar surface area (TPSA) is 82.6 Å². The number of hydrogen-bond acceptors (Lipinski definition) is 6. The molecule has 0 spiro atoms. The van der Waals surface area contributed by atoms with Gasteiger partial charge in [-0.15, -0.1) is 0 Å². The summed E-state index contributed by atoms with van der Waals surface area (Å²) in [7, 11) is -1.56. The first-order valence-electron chi connectivity index (χ1n) is 9.87. The van der Waals surface area contributed by atoms with Crippen LogP contribution in [-0.4, -0.2) is 67.0 Å². The van der Waals surface area contributed by atoms with Gasteiger partial charge in [-0.1, -0.05) is 30.0 Å². The average molecular weight is 449 g/mol. The number of nitrogens with one attached hydrogen (secondary N) is 1. The van der Waals surface area contributed by atoms with E-state index in [1.54, 1.807) is 12.1 Å². The molecule has 30 heavy (non-hydrogen) atoms. The molecule has 1 aliphatic rings. The van der Waals surface area contributed by atoms with Crippen LogP contribution in [0.2, 0.25) is 0 Å². The second-order valence-electron chi connectivity index (χ2n) is 7.56. The van der Waals surface area contributed by atoms with Gasteiger partial charge in [-0.2, -0.15) is 4.31 Å². The molecule has 1 unspecified atom stereocenters. The number of pyridine rings is 1. The number of para-hydroxylation sites is 1. The molecule has 1 N–H and O–H groups in total. The lowest BCUT2D eigenvalue weighted by Gasteiger charge is -2.31. The van der Waals surface area contributed by atoms with Crippen molar-refractivity contribution in [1.82, 2.24) is 14.2 Å². The maximum absolute atomic E-state index is 12.8. The minimum absolute atomic E-state index is 0.117. The molecule has 2 aromatic rings. The van der Waals surface area contributed by atoms with E-state index in [9.17, 15) is 13.2 Å². The lowest BCUT2D eigenvalue weighted by molar-refractivity contribution is -0.115. The normalized spacial score (nSPS) is 16.9. The number of hydrogen-bond donors (Lipinski definition) is 1. The molecule has 1 aromatic carbocycles. The fourth-order valence-electron chi connectivity index (χ4n) is 3.24. The predicted molar refractivity (Wildman–Crippen MR) is 120 cm³/mol. The van der Waals surface area contributed by atoms with Crippen LogP contribution >= 0.6 is 11.8 Å². The molecule has 1 aliphatic heterocycles. The third kappa shape index (κ3) is 5.21. The number of aryl methyl sites for hydroxylation is 2. The number of likely N-dealkylation sites (N-methyl/N-ethyl adjacent to an activating group) is 1. The fraction of sp³-hybridized carbons (Fsp3) is 0.429. The van der Waals surface area contributed by atoms with Crippen molar-refractivity contribution >= 4 is 33.4 Å². The molecule has 1 saturated heterocycles. The molecule has 0 saturated carbocycles. The fourth-order valence-corrected chi connectivity index (χ4v) is 5.39. The van der Waals surface area contributed by atoms with Crippen LogP contribution in [0.15, 0.2) is 46.5 Å². The lowest BCUT2D eigenvalue weighted by atomic mass is 10.1. The van der Waals surface area contributed by atoms with Crippen molar-refractivity contribution in [3.8, 4) is 0 Å². The summed E-state index contributed by atoms with van der Waals surface area (Å²) in [6, 6.07) is 9.11. The molecular weight excluding hydrogens is 420 g/mol. The first-order chi connectivity index (χ1) is 14.2. The molecule has 7 nitrogen and oxygen atoms in total. The van der Waals surface area contributed by atoms with E-state index in [0.29, 0.717) is 31.2 Å². The molecular formula is C21H28N4O3S2. The highest BCUT2D eigenvalue weighted by Crippen LogP contribution is 2.26. The van der Waals surface area contributed by atoms with Gasteiger partial charge >= 0.3 is 0 Å². The summed E-state index contributed by atoms with van der Waals surface area (Å²) < 4.78 is 27.1. The van der Waals surface area contributed by atoms with E-state index in [4.69, 9.17) is 0 Å². The number of aromatic nitrogens is 1. The van der Waals surface area contributed by atoms with E-state index in [0.717, 1.165) is 16.8 Å². The summed E-state index contributed by atoms with van der Waals surface area (Å²) in [6.07, 6.45) is 1.38. The van der Waals surface area contributed by atoms with Crippen LogP contribution in [0.25, 0.3) is 0 Å². The Labute approximate surface area is 182 Å². The van der Waals surface area contributed by atoms with E-state index in [1.165, 1.54) is 22.3 Å². The van der Waals surface area contributed by atoms with Gasteiger partial charge in [-0.25, -0.2) is 13.4 Å². The van der Waals surface area contributed by atoms with Crippen LogP contribution in [0.4, 0.5) is 5.69 Å². The largest absolute Gasteiger partial charge is 0.325 e. The average Bonchev–Trinajstić information content (AvgIpc) is 2.71. The minimum atomic E-state index is -3.54. The second-order valence-corrected chi connectivity index (χ2v) is 10.9. The van der Waals surface area contributed by atoms with Gasteiger partial charge < -0.3 is 10.2 Å². The van der Waals surface area contributed by atoms with E-state index >= 15 is 0 Å². The summed E-state index contributed by atoms with van der Waals surface area (Å²) in [6.45, 7) is 8.12. The lowest BCUT2D eigenvalue weighted by Crippen LogP contribution is -2.47. The zero-order valence-electron chi connectivity index (χ0n) is 17.8. The predicted octanol–water partition coefficient (Wildman–Crippen LogP) is 2.75. The van der Waals surface area contributed by atoms with Gasteiger partial charge in [0.2, 0.25) is 15.9 Å². The van der Waals surface area contributed by atoms with Gasteiger partial charge in [0.15, 0.2) is 0 Å². The molecule has 1 amide bonds. The Hall–Kier alpha value is -1.94. The van der Waals surface area contributed by atoms with Crippen LogP contribution in [-0.2, 0) is 14.8 Å². The summed E-state index contributed by atoms with van der Waals surface area (Å²) in [5.74, 6) is -0.117. The minimum Gasteiger partial charge on any atom is -0.325 e. The first kappa shape index (κ1) is 22.7. The Morgan fingerprint density at radius 1 is 1.10 bits per heavy atom. The number of anilines is 1. The maximum atomic E-state index is 12.8. The Kier molecular flexibility index (Phi) is 7.18. The van der Waals surface area contributed by atoms with Crippen LogP contribution in [0.5, 0.6) is 0 Å². The van der Waals surface area contributed by atoms with E-state index in [-0.39, 0.29) is 16.1 Å². The number of amides is 1. The third-order valence-electron chi connectivity index (χ3n) is 5.21. The SMILES string of the molecule is Cc1cccc(C)c1NC(=O)C(C)Sc1ccc(S(=O)(=O)N2CCN(C)CC2)cn1. The number of benzene rings is 1. The Morgan fingerprint density at radius 3 is 2.30 bits per heavy atom. The van der Waals surface area contributed by atoms with E-state index in [1.807, 2.05) is 46.0 Å². The standard InChI is InChI=1S/C21H28N4O3S2/c1-15-6-5-7-16(2)20(15)23-21(26)17(3)29-19-9-8-18(14-22-19)30(27,28)25-12-10-24(4)11-13-25/h5-9,14,17H,10-13H2,1-4H3,(H,23,26). The Morgan fingerprint density at radius 2 is 1.73 bits per heavy atom. The van der Waals surface area contributed by atoms with Crippen molar-refractivity contribution in [3.05, 3.63) is 47.7 Å². The van der Waals surface area contributed by atoms with Crippen molar-refractivity contribution in [1.29, 1.82) is 0 Å². The highest BCUT2D eigenvalue weighted by atomic mass is 32.2. The van der Waals surface area contributed by atoms with Crippen LogP contribution in [0.1, 0.15) is 18.1 Å². The summed E-state index contributed by atoms with van der Waals surface area (Å²) in [5, 5.41) is 3.22. The maximum Gasteiger partial charge on any atom is 0.244 e. The van der Waals surface area contributed by atoms with Gasteiger partial charge in [0.1, 0.15) is 4.90 Å². The smallest absolute Gasteiger partial charge is 0.244 e.